The fourth-order valence-electron chi connectivity index (χ4n) is 2.13. The zero-order chi connectivity index (χ0) is 18.2. The Bertz CT molecular complexity index is 1090. The van der Waals surface area contributed by atoms with Crippen molar-refractivity contribution in [2.75, 3.05) is 4.72 Å². The number of aromatic nitrogens is 3. The average molecular weight is 444 g/mol. The molecule has 1 aromatic heterocycles. The first-order valence-corrected chi connectivity index (χ1v) is 9.63. The average Bonchev–Trinajstić information content (AvgIpc) is 2.90. The molecule has 2 aromatic carbocycles. The van der Waals surface area contributed by atoms with Crippen molar-refractivity contribution in [3.05, 3.63) is 68.8 Å². The van der Waals surface area contributed by atoms with Gasteiger partial charge in [0.25, 0.3) is 10.0 Å². The molecular formula is C15H12BrClN4O3S. The molecule has 0 bridgehead atoms. The zero-order valence-electron chi connectivity index (χ0n) is 12.8. The molecule has 0 saturated carbocycles. The van der Waals surface area contributed by atoms with Gasteiger partial charge in [-0.1, -0.05) is 17.7 Å². The van der Waals surface area contributed by atoms with Gasteiger partial charge in [0.05, 0.1) is 10.7 Å². The lowest BCUT2D eigenvalue weighted by Gasteiger charge is -2.10. The molecular weight excluding hydrogens is 432 g/mol. The number of benzene rings is 2. The van der Waals surface area contributed by atoms with Gasteiger partial charge in [-0.25, -0.2) is 13.2 Å². The van der Waals surface area contributed by atoms with Crippen molar-refractivity contribution in [3.63, 3.8) is 0 Å². The lowest BCUT2D eigenvalue weighted by Crippen LogP contribution is -2.21. The molecule has 3 aromatic rings. The first kappa shape index (κ1) is 17.7. The Balaban J connectivity index is 1.90. The highest BCUT2D eigenvalue weighted by Crippen LogP contribution is 2.30. The fraction of sp³-hybridized carbons (Fsp3) is 0.0667. The van der Waals surface area contributed by atoms with E-state index >= 15 is 0 Å². The Morgan fingerprint density at radius 1 is 1.16 bits per heavy atom. The summed E-state index contributed by atoms with van der Waals surface area (Å²) in [5.41, 5.74) is 0.562. The van der Waals surface area contributed by atoms with Crippen LogP contribution in [0, 0.1) is 0 Å². The van der Waals surface area contributed by atoms with Gasteiger partial charge in [-0.15, -0.1) is 0 Å². The van der Waals surface area contributed by atoms with E-state index in [9.17, 15) is 13.2 Å². The number of hydrogen-bond donors (Lipinski definition) is 1. The smallest absolute Gasteiger partial charge is 0.284 e. The number of halogens is 2. The van der Waals surface area contributed by atoms with Gasteiger partial charge in [0.2, 0.25) is 0 Å². The van der Waals surface area contributed by atoms with E-state index in [1.807, 2.05) is 0 Å². The van der Waals surface area contributed by atoms with Crippen LogP contribution in [-0.2, 0) is 17.1 Å². The number of hydrogen-bond acceptors (Lipinski definition) is 4. The first-order valence-electron chi connectivity index (χ1n) is 6.97. The van der Waals surface area contributed by atoms with E-state index in [2.05, 4.69) is 25.8 Å². The number of aryl methyl sites for hydroxylation is 1. The molecule has 0 radical (unpaired) electrons. The van der Waals surface area contributed by atoms with Gasteiger partial charge in [-0.05, 0) is 52.3 Å². The van der Waals surface area contributed by atoms with Gasteiger partial charge >= 0.3 is 5.69 Å². The highest BCUT2D eigenvalue weighted by Gasteiger charge is 2.19. The topological polar surface area (TPSA) is 86.0 Å². The SMILES string of the molecule is Cn1cnn(-c2ccc(NS(=O)(=O)c3cccc(Br)c3Cl)cc2)c1=O. The molecule has 0 atom stereocenters. The van der Waals surface area contributed by atoms with Crippen molar-refractivity contribution < 1.29 is 8.42 Å². The number of anilines is 1. The van der Waals surface area contributed by atoms with Crippen LogP contribution in [0.5, 0.6) is 0 Å². The molecule has 130 valence electrons. The lowest BCUT2D eigenvalue weighted by molar-refractivity contribution is 0.601. The van der Waals surface area contributed by atoms with Crippen LogP contribution in [-0.4, -0.2) is 22.8 Å². The van der Waals surface area contributed by atoms with E-state index in [1.54, 1.807) is 43.4 Å². The maximum atomic E-state index is 12.5. The largest absolute Gasteiger partial charge is 0.350 e. The van der Waals surface area contributed by atoms with Crippen LogP contribution in [0.25, 0.3) is 5.69 Å². The summed E-state index contributed by atoms with van der Waals surface area (Å²) in [4.78, 5) is 11.8. The van der Waals surface area contributed by atoms with Gasteiger partial charge in [0.15, 0.2) is 0 Å². The summed E-state index contributed by atoms with van der Waals surface area (Å²) in [5.74, 6) is 0. The third-order valence-corrected chi connectivity index (χ3v) is 6.23. The monoisotopic (exact) mass is 442 g/mol. The summed E-state index contributed by atoms with van der Waals surface area (Å²) in [5, 5.41) is 4.07. The molecule has 25 heavy (non-hydrogen) atoms. The van der Waals surface area contributed by atoms with Crippen LogP contribution in [0.3, 0.4) is 0 Å². The van der Waals surface area contributed by atoms with Gasteiger partial charge in [-0.2, -0.15) is 9.78 Å². The summed E-state index contributed by atoms with van der Waals surface area (Å²) in [6, 6.07) is 10.9. The predicted molar refractivity (Wildman–Crippen MR) is 98.8 cm³/mol. The standard InChI is InChI=1S/C15H12BrClN4O3S/c1-20-9-18-21(15(20)22)11-7-5-10(6-8-11)19-25(23,24)13-4-2-3-12(16)14(13)17/h2-9,19H,1H3. The van der Waals surface area contributed by atoms with Crippen LogP contribution >= 0.6 is 27.5 Å². The normalized spacial score (nSPS) is 11.5. The molecule has 0 saturated heterocycles. The van der Waals surface area contributed by atoms with Crippen molar-refractivity contribution in [2.45, 2.75) is 4.90 Å². The van der Waals surface area contributed by atoms with Crippen molar-refractivity contribution in [1.82, 2.24) is 14.3 Å². The molecule has 7 nitrogen and oxygen atoms in total. The van der Waals surface area contributed by atoms with E-state index in [0.29, 0.717) is 15.8 Å². The Hall–Kier alpha value is -2.10. The minimum atomic E-state index is -3.85. The summed E-state index contributed by atoms with van der Waals surface area (Å²) < 4.78 is 30.5. The van der Waals surface area contributed by atoms with Gasteiger partial charge in [0, 0.05) is 17.2 Å². The van der Waals surface area contributed by atoms with Crippen molar-refractivity contribution in [3.8, 4) is 5.69 Å². The minimum absolute atomic E-state index is 0.0337. The third kappa shape index (κ3) is 3.48. The molecule has 10 heteroatoms. The fourth-order valence-corrected chi connectivity index (χ4v) is 4.21. The second-order valence-corrected chi connectivity index (χ2v) is 8.02. The molecule has 0 fully saturated rings. The Labute approximate surface area is 157 Å². The second-order valence-electron chi connectivity index (χ2n) is 5.14. The molecule has 0 aliphatic heterocycles. The molecule has 1 N–H and O–H groups in total. The lowest BCUT2D eigenvalue weighted by atomic mass is 10.3. The maximum Gasteiger partial charge on any atom is 0.350 e. The van der Waals surface area contributed by atoms with Crippen molar-refractivity contribution >= 4 is 43.2 Å². The molecule has 0 aliphatic rings. The minimum Gasteiger partial charge on any atom is -0.284 e. The van der Waals surface area contributed by atoms with E-state index in [4.69, 9.17) is 11.6 Å². The summed E-state index contributed by atoms with van der Waals surface area (Å²) in [7, 11) is -2.25. The van der Waals surface area contributed by atoms with Crippen molar-refractivity contribution in [1.29, 1.82) is 0 Å². The number of nitrogens with one attached hydrogen (secondary N) is 1. The number of rotatable bonds is 4. The summed E-state index contributed by atoms with van der Waals surface area (Å²) >= 11 is 9.26. The van der Waals surface area contributed by atoms with Crippen LogP contribution in [0.2, 0.25) is 5.02 Å². The quantitative estimate of drug-likeness (QED) is 0.672. The highest BCUT2D eigenvalue weighted by molar-refractivity contribution is 9.10. The Morgan fingerprint density at radius 2 is 1.84 bits per heavy atom. The van der Waals surface area contributed by atoms with Crippen LogP contribution in [0.15, 0.2) is 63.0 Å². The molecule has 0 unspecified atom stereocenters. The van der Waals surface area contributed by atoms with Crippen LogP contribution in [0.4, 0.5) is 5.69 Å². The first-order chi connectivity index (χ1) is 11.8. The Morgan fingerprint density at radius 3 is 2.44 bits per heavy atom. The summed E-state index contributed by atoms with van der Waals surface area (Å²) in [6.45, 7) is 0. The van der Waals surface area contributed by atoms with E-state index < -0.39 is 10.0 Å². The molecule has 1 heterocycles. The van der Waals surface area contributed by atoms with Gasteiger partial charge < -0.3 is 0 Å². The molecule has 3 rings (SSSR count). The van der Waals surface area contributed by atoms with E-state index in [1.165, 1.54) is 21.6 Å². The van der Waals surface area contributed by atoms with Crippen LogP contribution in [0.1, 0.15) is 0 Å². The van der Waals surface area contributed by atoms with Gasteiger partial charge in [0.1, 0.15) is 11.2 Å². The highest BCUT2D eigenvalue weighted by atomic mass is 79.9. The van der Waals surface area contributed by atoms with Crippen molar-refractivity contribution in [2.24, 2.45) is 7.05 Å². The maximum absolute atomic E-state index is 12.5. The molecule has 0 amide bonds. The number of sulfonamides is 1. The summed E-state index contributed by atoms with van der Waals surface area (Å²) in [6.07, 6.45) is 1.40. The predicted octanol–water partition coefficient (Wildman–Crippen LogP) is 2.79. The Kier molecular flexibility index (Phi) is 4.72. The van der Waals surface area contributed by atoms with E-state index in [0.717, 1.165) is 0 Å². The zero-order valence-corrected chi connectivity index (χ0v) is 16.0. The third-order valence-electron chi connectivity index (χ3n) is 3.39. The second kappa shape index (κ2) is 6.66. The van der Waals surface area contributed by atoms with Gasteiger partial charge in [-0.3, -0.25) is 9.29 Å². The van der Waals surface area contributed by atoms with E-state index in [-0.39, 0.29) is 15.6 Å². The molecule has 0 aliphatic carbocycles. The molecule has 0 spiro atoms. The van der Waals surface area contributed by atoms with Crippen LogP contribution < -0.4 is 10.4 Å². The number of nitrogens with zero attached hydrogens (tertiary/aromatic N) is 3.